The van der Waals surface area contributed by atoms with Crippen LogP contribution in [0.5, 0.6) is 0 Å². The Bertz CT molecular complexity index is 193. The fraction of sp³-hybridized carbons (Fsp3) is 1.00. The van der Waals surface area contributed by atoms with Gasteiger partial charge in [-0.05, 0) is 27.2 Å². The van der Waals surface area contributed by atoms with E-state index in [1.54, 1.807) is 0 Å². The number of hydrogen-bond acceptors (Lipinski definition) is 3. The molecule has 0 aromatic rings. The lowest BCUT2D eigenvalue weighted by Gasteiger charge is -2.39. The first-order valence-electron chi connectivity index (χ1n) is 6.61. The molecule has 1 aliphatic heterocycles. The summed E-state index contributed by atoms with van der Waals surface area (Å²) in [6.45, 7) is 13.6. The van der Waals surface area contributed by atoms with Crippen molar-refractivity contribution in [1.82, 2.24) is 9.80 Å². The number of piperazine rings is 1. The first kappa shape index (κ1) is 13.9. The van der Waals surface area contributed by atoms with Crippen LogP contribution in [0.25, 0.3) is 0 Å². The van der Waals surface area contributed by atoms with Gasteiger partial charge in [0.25, 0.3) is 0 Å². The lowest BCUT2D eigenvalue weighted by molar-refractivity contribution is 0.0116. The first-order chi connectivity index (χ1) is 7.42. The van der Waals surface area contributed by atoms with E-state index in [1.165, 1.54) is 12.8 Å². The summed E-state index contributed by atoms with van der Waals surface area (Å²) in [6, 6.07) is 0.717. The molecule has 0 amide bonds. The Kier molecular flexibility index (Phi) is 5.22. The van der Waals surface area contributed by atoms with Crippen molar-refractivity contribution in [2.24, 2.45) is 0 Å². The van der Waals surface area contributed by atoms with E-state index < -0.39 is 5.60 Å². The fourth-order valence-electron chi connectivity index (χ4n) is 2.51. The van der Waals surface area contributed by atoms with Crippen LogP contribution < -0.4 is 0 Å². The molecule has 0 aliphatic carbocycles. The minimum Gasteiger partial charge on any atom is -0.389 e. The Balaban J connectivity index is 2.28. The minimum absolute atomic E-state index is 0.558. The summed E-state index contributed by atoms with van der Waals surface area (Å²) in [5.74, 6) is 0. The Hall–Kier alpha value is -0.120. The molecule has 1 unspecified atom stereocenters. The molecule has 3 nitrogen and oxygen atoms in total. The van der Waals surface area contributed by atoms with E-state index in [4.69, 9.17) is 0 Å². The third kappa shape index (κ3) is 4.81. The van der Waals surface area contributed by atoms with Gasteiger partial charge in [-0.25, -0.2) is 0 Å². The number of hydrogen-bond donors (Lipinski definition) is 1. The van der Waals surface area contributed by atoms with Crippen molar-refractivity contribution in [1.29, 1.82) is 0 Å². The Labute approximate surface area is 100 Å². The van der Waals surface area contributed by atoms with Crippen molar-refractivity contribution in [2.75, 3.05) is 32.7 Å². The highest BCUT2D eigenvalue weighted by Gasteiger charge is 2.24. The maximum Gasteiger partial charge on any atom is 0.0718 e. The monoisotopic (exact) mass is 228 g/mol. The normalized spacial score (nSPS) is 22.3. The van der Waals surface area contributed by atoms with E-state index in [0.29, 0.717) is 6.04 Å². The van der Waals surface area contributed by atoms with Crippen LogP contribution in [-0.2, 0) is 0 Å². The zero-order valence-corrected chi connectivity index (χ0v) is 11.4. The highest BCUT2D eigenvalue weighted by molar-refractivity contribution is 4.80. The van der Waals surface area contributed by atoms with E-state index >= 15 is 0 Å². The molecule has 96 valence electrons. The highest BCUT2D eigenvalue weighted by Crippen LogP contribution is 2.12. The van der Waals surface area contributed by atoms with Crippen molar-refractivity contribution in [3.63, 3.8) is 0 Å². The van der Waals surface area contributed by atoms with Gasteiger partial charge in [0.15, 0.2) is 0 Å². The van der Waals surface area contributed by atoms with Crippen LogP contribution in [0, 0.1) is 0 Å². The number of rotatable bonds is 5. The second-order valence-corrected chi connectivity index (χ2v) is 5.76. The highest BCUT2D eigenvalue weighted by atomic mass is 16.3. The van der Waals surface area contributed by atoms with Crippen molar-refractivity contribution in [3.05, 3.63) is 0 Å². The summed E-state index contributed by atoms with van der Waals surface area (Å²) in [7, 11) is 0. The van der Waals surface area contributed by atoms with E-state index in [1.807, 2.05) is 13.8 Å². The van der Waals surface area contributed by atoms with Crippen LogP contribution in [0.1, 0.15) is 40.5 Å². The molecule has 0 bridgehead atoms. The summed E-state index contributed by atoms with van der Waals surface area (Å²) in [4.78, 5) is 4.94. The molecular weight excluding hydrogens is 200 g/mol. The summed E-state index contributed by atoms with van der Waals surface area (Å²) < 4.78 is 0. The fourth-order valence-corrected chi connectivity index (χ4v) is 2.51. The van der Waals surface area contributed by atoms with Crippen LogP contribution >= 0.6 is 0 Å². The first-order valence-corrected chi connectivity index (χ1v) is 6.61. The van der Waals surface area contributed by atoms with Gasteiger partial charge in [-0.15, -0.1) is 0 Å². The SMILES string of the molecule is CCCC(C)N1CCN(CC(C)(C)O)CC1. The molecule has 1 fully saturated rings. The van der Waals surface area contributed by atoms with Crippen molar-refractivity contribution in [2.45, 2.75) is 52.2 Å². The van der Waals surface area contributed by atoms with E-state index in [0.717, 1.165) is 32.7 Å². The molecule has 1 heterocycles. The van der Waals surface area contributed by atoms with Crippen LogP contribution in [-0.4, -0.2) is 59.3 Å². The molecule has 16 heavy (non-hydrogen) atoms. The molecule has 3 heteroatoms. The molecule has 0 saturated carbocycles. The molecule has 0 radical (unpaired) electrons. The molecule has 1 N–H and O–H groups in total. The number of β-amino-alcohol motifs (C(OH)–C–C–N with tert-alkyl or cyclic N) is 1. The van der Waals surface area contributed by atoms with Crippen LogP contribution in [0.2, 0.25) is 0 Å². The Morgan fingerprint density at radius 3 is 2.19 bits per heavy atom. The van der Waals surface area contributed by atoms with Gasteiger partial charge in [-0.2, -0.15) is 0 Å². The maximum atomic E-state index is 9.77. The molecule has 1 aliphatic rings. The van der Waals surface area contributed by atoms with Gasteiger partial charge in [0, 0.05) is 38.8 Å². The quantitative estimate of drug-likeness (QED) is 0.773. The van der Waals surface area contributed by atoms with Crippen LogP contribution in [0.4, 0.5) is 0 Å². The van der Waals surface area contributed by atoms with Gasteiger partial charge in [-0.3, -0.25) is 9.80 Å². The van der Waals surface area contributed by atoms with Crippen LogP contribution in [0.3, 0.4) is 0 Å². The van der Waals surface area contributed by atoms with Crippen LogP contribution in [0.15, 0.2) is 0 Å². The lowest BCUT2D eigenvalue weighted by atomic mass is 10.1. The van der Waals surface area contributed by atoms with E-state index in [9.17, 15) is 5.11 Å². The topological polar surface area (TPSA) is 26.7 Å². The van der Waals surface area contributed by atoms with Gasteiger partial charge in [0.05, 0.1) is 5.60 Å². The number of aliphatic hydroxyl groups is 1. The summed E-state index contributed by atoms with van der Waals surface area (Å²) in [5.41, 5.74) is -0.558. The summed E-state index contributed by atoms with van der Waals surface area (Å²) in [6.07, 6.45) is 2.57. The second-order valence-electron chi connectivity index (χ2n) is 5.76. The predicted molar refractivity (Wildman–Crippen MR) is 68.7 cm³/mol. The Morgan fingerprint density at radius 1 is 1.19 bits per heavy atom. The molecule has 1 rings (SSSR count). The maximum absolute atomic E-state index is 9.77. The third-order valence-electron chi connectivity index (χ3n) is 3.35. The lowest BCUT2D eigenvalue weighted by Crippen LogP contribution is -2.52. The third-order valence-corrected chi connectivity index (χ3v) is 3.35. The zero-order chi connectivity index (χ0) is 12.2. The van der Waals surface area contributed by atoms with Gasteiger partial charge >= 0.3 is 0 Å². The molecule has 1 saturated heterocycles. The summed E-state index contributed by atoms with van der Waals surface area (Å²) >= 11 is 0. The standard InChI is InChI=1S/C13H28N2O/c1-5-6-12(2)15-9-7-14(8-10-15)11-13(3,4)16/h12,16H,5-11H2,1-4H3. The molecular formula is C13H28N2O. The molecule has 0 aromatic heterocycles. The predicted octanol–water partition coefficient (Wildman–Crippen LogP) is 1.56. The number of nitrogens with zero attached hydrogens (tertiary/aromatic N) is 2. The van der Waals surface area contributed by atoms with Gasteiger partial charge in [0.1, 0.15) is 0 Å². The van der Waals surface area contributed by atoms with Crippen molar-refractivity contribution in [3.8, 4) is 0 Å². The van der Waals surface area contributed by atoms with Crippen molar-refractivity contribution < 1.29 is 5.11 Å². The summed E-state index contributed by atoms with van der Waals surface area (Å²) in [5, 5.41) is 9.77. The zero-order valence-electron chi connectivity index (χ0n) is 11.4. The van der Waals surface area contributed by atoms with Gasteiger partial charge in [-0.1, -0.05) is 13.3 Å². The van der Waals surface area contributed by atoms with E-state index in [2.05, 4.69) is 23.6 Å². The smallest absolute Gasteiger partial charge is 0.0718 e. The van der Waals surface area contributed by atoms with Gasteiger partial charge in [0.2, 0.25) is 0 Å². The molecule has 1 atom stereocenters. The Morgan fingerprint density at radius 2 is 1.75 bits per heavy atom. The molecule has 0 spiro atoms. The minimum atomic E-state index is -0.558. The second kappa shape index (κ2) is 5.99. The van der Waals surface area contributed by atoms with E-state index in [-0.39, 0.29) is 0 Å². The average molecular weight is 228 g/mol. The average Bonchev–Trinajstić information content (AvgIpc) is 2.16. The van der Waals surface area contributed by atoms with Crippen molar-refractivity contribution >= 4 is 0 Å². The largest absolute Gasteiger partial charge is 0.389 e. The van der Waals surface area contributed by atoms with Gasteiger partial charge < -0.3 is 5.11 Å². The molecule has 0 aromatic carbocycles.